The van der Waals surface area contributed by atoms with E-state index >= 15 is 0 Å². The number of alkyl halides is 3. The number of aryl methyl sites for hydroxylation is 1. The maximum atomic E-state index is 13.1. The van der Waals surface area contributed by atoms with Gasteiger partial charge in [-0.15, -0.1) is 0 Å². The average Bonchev–Trinajstić information content (AvgIpc) is 3.07. The topological polar surface area (TPSA) is 92.9 Å². The Morgan fingerprint density at radius 1 is 1.20 bits per heavy atom. The normalized spacial score (nSPS) is 11.2. The molecule has 3 aromatic rings. The zero-order valence-corrected chi connectivity index (χ0v) is 16.1. The number of nitrogens with zero attached hydrogens (tertiary/aromatic N) is 3. The molecule has 0 aliphatic rings. The summed E-state index contributed by atoms with van der Waals surface area (Å²) in [6.45, 7) is 2.72. The Hall–Kier alpha value is -3.69. The third-order valence-electron chi connectivity index (χ3n) is 4.19. The fourth-order valence-corrected chi connectivity index (χ4v) is 2.75. The number of hydrogen-bond acceptors (Lipinski definition) is 5. The van der Waals surface area contributed by atoms with Crippen molar-refractivity contribution in [1.29, 1.82) is 5.41 Å². The highest BCUT2D eigenvalue weighted by Gasteiger charge is 2.31. The van der Waals surface area contributed by atoms with E-state index in [-0.39, 0.29) is 23.8 Å². The number of halogens is 3. The molecule has 156 valence electrons. The molecule has 0 spiro atoms. The molecule has 7 nitrogen and oxygen atoms in total. The van der Waals surface area contributed by atoms with Crippen molar-refractivity contribution in [2.75, 3.05) is 11.9 Å². The summed E-state index contributed by atoms with van der Waals surface area (Å²) in [6, 6.07) is 10.5. The van der Waals surface area contributed by atoms with Gasteiger partial charge in [-0.2, -0.15) is 18.3 Å². The lowest BCUT2D eigenvalue weighted by atomic mass is 10.1. The van der Waals surface area contributed by atoms with Crippen LogP contribution in [0.1, 0.15) is 22.5 Å². The largest absolute Gasteiger partial charge is 0.443 e. The van der Waals surface area contributed by atoms with Gasteiger partial charge in [0.05, 0.1) is 23.2 Å². The van der Waals surface area contributed by atoms with Crippen molar-refractivity contribution in [3.05, 3.63) is 71.2 Å². The van der Waals surface area contributed by atoms with Gasteiger partial charge in [-0.3, -0.25) is 5.32 Å². The predicted octanol–water partition coefficient (Wildman–Crippen LogP) is 4.52. The van der Waals surface area contributed by atoms with E-state index in [0.29, 0.717) is 16.9 Å². The Balaban J connectivity index is 1.73. The van der Waals surface area contributed by atoms with Crippen LogP contribution in [0.2, 0.25) is 0 Å². The Labute approximate surface area is 170 Å². The Bertz CT molecular complexity index is 1080. The van der Waals surface area contributed by atoms with Crippen LogP contribution in [0.3, 0.4) is 0 Å². The Morgan fingerprint density at radius 3 is 2.57 bits per heavy atom. The zero-order valence-electron chi connectivity index (χ0n) is 16.1. The molecular weight excluding hydrogens is 399 g/mol. The highest BCUT2D eigenvalue weighted by Crippen LogP contribution is 2.30. The van der Waals surface area contributed by atoms with Crippen molar-refractivity contribution in [1.82, 2.24) is 14.8 Å². The monoisotopic (exact) mass is 417 g/mol. The van der Waals surface area contributed by atoms with Crippen LogP contribution in [0.25, 0.3) is 5.82 Å². The van der Waals surface area contributed by atoms with E-state index < -0.39 is 17.8 Å². The number of amides is 1. The van der Waals surface area contributed by atoms with Crippen LogP contribution in [-0.4, -0.2) is 33.2 Å². The number of para-hydroxylation sites is 1. The van der Waals surface area contributed by atoms with Crippen molar-refractivity contribution in [3.63, 3.8) is 0 Å². The summed E-state index contributed by atoms with van der Waals surface area (Å²) in [6.07, 6.45) is -3.92. The van der Waals surface area contributed by atoms with Crippen molar-refractivity contribution in [2.45, 2.75) is 20.0 Å². The first-order chi connectivity index (χ1) is 14.1. The van der Waals surface area contributed by atoms with Gasteiger partial charge in [0, 0.05) is 16.9 Å². The Kier molecular flexibility index (Phi) is 5.86. The molecule has 0 fully saturated rings. The van der Waals surface area contributed by atoms with Crippen LogP contribution in [-0.2, 0) is 10.9 Å². The van der Waals surface area contributed by atoms with Gasteiger partial charge >= 0.3 is 12.3 Å². The number of rotatable bonds is 5. The first kappa shape index (κ1) is 21.0. The van der Waals surface area contributed by atoms with Crippen molar-refractivity contribution >= 4 is 17.5 Å². The highest BCUT2D eigenvalue weighted by atomic mass is 19.4. The third-order valence-corrected chi connectivity index (χ3v) is 4.19. The molecular formula is C20H18F3N5O2. The molecule has 10 heteroatoms. The van der Waals surface area contributed by atoms with Crippen molar-refractivity contribution < 1.29 is 22.7 Å². The second-order valence-corrected chi connectivity index (χ2v) is 6.45. The predicted molar refractivity (Wildman–Crippen MR) is 104 cm³/mol. The van der Waals surface area contributed by atoms with E-state index in [9.17, 15) is 18.0 Å². The lowest BCUT2D eigenvalue weighted by Crippen LogP contribution is -2.19. The zero-order chi connectivity index (χ0) is 21.9. The van der Waals surface area contributed by atoms with Gasteiger partial charge in [0.15, 0.2) is 5.82 Å². The van der Waals surface area contributed by atoms with E-state index in [4.69, 9.17) is 10.1 Å². The lowest BCUT2D eigenvalue weighted by molar-refractivity contribution is -0.137. The fraction of sp³-hybridized carbons (Fsp3) is 0.200. The van der Waals surface area contributed by atoms with E-state index in [1.807, 2.05) is 0 Å². The summed E-state index contributed by atoms with van der Waals surface area (Å²) >= 11 is 0. The van der Waals surface area contributed by atoms with Crippen LogP contribution in [0.4, 0.5) is 23.7 Å². The molecule has 3 rings (SSSR count). The number of hydrogen-bond donors (Lipinski definition) is 2. The molecule has 1 aromatic carbocycles. The van der Waals surface area contributed by atoms with Gasteiger partial charge in [-0.05, 0) is 38.1 Å². The van der Waals surface area contributed by atoms with Crippen LogP contribution >= 0.6 is 0 Å². The smallest absolute Gasteiger partial charge is 0.416 e. The number of nitrogens with one attached hydrogen (secondary N) is 2. The maximum Gasteiger partial charge on any atom is 0.416 e. The summed E-state index contributed by atoms with van der Waals surface area (Å²) in [5.41, 5.74) is 0.581. The number of carbonyl (C=O) groups excluding carboxylic acids is 1. The molecule has 2 N–H and O–H groups in total. The lowest BCUT2D eigenvalue weighted by Gasteiger charge is -2.11. The first-order valence-corrected chi connectivity index (χ1v) is 8.82. The molecule has 1 amide bonds. The van der Waals surface area contributed by atoms with Gasteiger partial charge in [0.2, 0.25) is 0 Å². The summed E-state index contributed by atoms with van der Waals surface area (Å²) in [7, 11) is 0. The van der Waals surface area contributed by atoms with Gasteiger partial charge in [0.25, 0.3) is 0 Å². The van der Waals surface area contributed by atoms with Gasteiger partial charge in [0.1, 0.15) is 6.61 Å². The third kappa shape index (κ3) is 4.83. The van der Waals surface area contributed by atoms with Gasteiger partial charge in [-0.1, -0.05) is 18.2 Å². The van der Waals surface area contributed by atoms with E-state index in [2.05, 4.69) is 15.4 Å². The number of benzene rings is 1. The van der Waals surface area contributed by atoms with Crippen LogP contribution < -0.4 is 5.32 Å². The summed E-state index contributed by atoms with van der Waals surface area (Å²) in [5.74, 6) is -0.0124. The minimum atomic E-state index is -4.51. The number of ether oxygens (including phenoxy) is 1. The molecule has 0 aliphatic carbocycles. The fourth-order valence-electron chi connectivity index (χ4n) is 2.75. The Morgan fingerprint density at radius 2 is 1.90 bits per heavy atom. The summed E-state index contributed by atoms with van der Waals surface area (Å²) < 4.78 is 45.5. The molecule has 2 heterocycles. The standard InChI is InChI=1S/C20H18F3N5O2/c1-12-8-14(20(21,22)23)9-18(26-12)28-13(2)16(10-25-28)17(24)11-30-19(29)27-15-6-4-3-5-7-15/h3-10,24H,11H2,1-2H3,(H,27,29). The molecule has 2 aromatic heterocycles. The molecule has 30 heavy (non-hydrogen) atoms. The maximum absolute atomic E-state index is 13.1. The molecule has 0 atom stereocenters. The molecule has 0 radical (unpaired) electrons. The second-order valence-electron chi connectivity index (χ2n) is 6.45. The minimum absolute atomic E-state index is 0.0124. The second kappa shape index (κ2) is 8.36. The number of anilines is 1. The van der Waals surface area contributed by atoms with E-state index in [1.54, 1.807) is 37.3 Å². The molecule has 0 bridgehead atoms. The summed E-state index contributed by atoms with van der Waals surface area (Å²) in [5, 5.41) is 14.7. The quantitative estimate of drug-likeness (QED) is 0.597. The van der Waals surface area contributed by atoms with Crippen molar-refractivity contribution in [2.24, 2.45) is 0 Å². The number of aromatic nitrogens is 3. The number of carbonyl (C=O) groups is 1. The van der Waals surface area contributed by atoms with Crippen LogP contribution in [0.5, 0.6) is 0 Å². The summed E-state index contributed by atoms with van der Waals surface area (Å²) in [4.78, 5) is 16.0. The molecule has 0 unspecified atom stereocenters. The SMILES string of the molecule is Cc1cc(C(F)(F)F)cc(-n2ncc(C(=N)COC(=O)Nc3ccccc3)c2C)n1. The van der Waals surface area contributed by atoms with Crippen LogP contribution in [0.15, 0.2) is 48.7 Å². The van der Waals surface area contributed by atoms with E-state index in [0.717, 1.165) is 12.1 Å². The van der Waals surface area contributed by atoms with Crippen molar-refractivity contribution in [3.8, 4) is 5.82 Å². The average molecular weight is 417 g/mol. The molecule has 0 saturated carbocycles. The first-order valence-electron chi connectivity index (χ1n) is 8.82. The van der Waals surface area contributed by atoms with Gasteiger partial charge < -0.3 is 10.1 Å². The van der Waals surface area contributed by atoms with Crippen LogP contribution in [0, 0.1) is 19.3 Å². The van der Waals surface area contributed by atoms with E-state index in [1.165, 1.54) is 17.8 Å². The molecule has 0 saturated heterocycles. The highest BCUT2D eigenvalue weighted by molar-refractivity contribution is 6.01. The molecule has 0 aliphatic heterocycles. The minimum Gasteiger partial charge on any atom is -0.443 e. The van der Waals surface area contributed by atoms with Gasteiger partial charge in [-0.25, -0.2) is 14.5 Å². The number of pyridine rings is 1.